The van der Waals surface area contributed by atoms with Gasteiger partial charge < -0.3 is 15.4 Å². The summed E-state index contributed by atoms with van der Waals surface area (Å²) in [5, 5.41) is 0. The van der Waals surface area contributed by atoms with Gasteiger partial charge >= 0.3 is 0 Å². The number of likely N-dealkylation sites (N-methyl/N-ethyl adjacent to an activating group) is 1. The van der Waals surface area contributed by atoms with Crippen LogP contribution in [-0.4, -0.2) is 25.6 Å². The molecule has 0 fully saturated rings. The van der Waals surface area contributed by atoms with Crippen LogP contribution in [0.3, 0.4) is 0 Å². The number of hydrogen-bond acceptors (Lipinski definition) is 3. The van der Waals surface area contributed by atoms with Crippen molar-refractivity contribution in [1.29, 1.82) is 0 Å². The lowest BCUT2D eigenvalue weighted by atomic mass is 10.0. The highest BCUT2D eigenvalue weighted by Gasteiger charge is 2.31. The molecular weight excluding hydrogens is 252 g/mol. The van der Waals surface area contributed by atoms with E-state index in [0.29, 0.717) is 5.75 Å². The first kappa shape index (κ1) is 12.7. The van der Waals surface area contributed by atoms with Gasteiger partial charge in [-0.25, -0.2) is 0 Å². The molecule has 4 nitrogen and oxygen atoms in total. The quantitative estimate of drug-likeness (QED) is 0.906. The molecule has 1 atom stereocenters. The molecule has 2 N–H and O–H groups in total. The summed E-state index contributed by atoms with van der Waals surface area (Å²) in [6.07, 6.45) is -0.588. The van der Waals surface area contributed by atoms with Gasteiger partial charge in [-0.05, 0) is 23.3 Å². The SMILES string of the molecule is CN1C(=O)C(CN)Oc2ccc(-c3ccccc3)cc21. The van der Waals surface area contributed by atoms with E-state index in [2.05, 4.69) is 0 Å². The monoisotopic (exact) mass is 268 g/mol. The predicted octanol–water partition coefficient (Wildman–Crippen LogP) is 2.04. The van der Waals surface area contributed by atoms with Crippen molar-refractivity contribution in [3.63, 3.8) is 0 Å². The van der Waals surface area contributed by atoms with Crippen LogP contribution in [0.15, 0.2) is 48.5 Å². The van der Waals surface area contributed by atoms with Gasteiger partial charge in [0.05, 0.1) is 5.69 Å². The minimum atomic E-state index is -0.588. The fourth-order valence-electron chi connectivity index (χ4n) is 2.38. The first-order chi connectivity index (χ1) is 9.70. The molecule has 3 rings (SSSR count). The number of amides is 1. The lowest BCUT2D eigenvalue weighted by Crippen LogP contribution is -2.47. The predicted molar refractivity (Wildman–Crippen MR) is 78.8 cm³/mol. The minimum Gasteiger partial charge on any atom is -0.477 e. The van der Waals surface area contributed by atoms with Gasteiger partial charge in [0.25, 0.3) is 5.91 Å². The van der Waals surface area contributed by atoms with Crippen molar-refractivity contribution in [2.24, 2.45) is 5.73 Å². The number of nitrogens with zero attached hydrogens (tertiary/aromatic N) is 1. The number of rotatable bonds is 2. The summed E-state index contributed by atoms with van der Waals surface area (Å²) < 4.78 is 5.64. The van der Waals surface area contributed by atoms with Crippen LogP contribution >= 0.6 is 0 Å². The van der Waals surface area contributed by atoms with E-state index in [1.165, 1.54) is 0 Å². The lowest BCUT2D eigenvalue weighted by Gasteiger charge is -2.31. The standard InChI is InChI=1S/C16H16N2O2/c1-18-13-9-12(11-5-3-2-4-6-11)7-8-14(13)20-15(10-17)16(18)19/h2-9,15H,10,17H2,1H3. The first-order valence-electron chi connectivity index (χ1n) is 6.54. The zero-order chi connectivity index (χ0) is 14.1. The molecule has 2 aromatic rings. The van der Waals surface area contributed by atoms with E-state index in [0.717, 1.165) is 16.8 Å². The molecule has 1 aliphatic heterocycles. The van der Waals surface area contributed by atoms with E-state index in [-0.39, 0.29) is 12.5 Å². The maximum absolute atomic E-state index is 12.1. The maximum Gasteiger partial charge on any atom is 0.269 e. The van der Waals surface area contributed by atoms with Gasteiger partial charge in [-0.3, -0.25) is 4.79 Å². The number of nitrogens with two attached hydrogens (primary N) is 1. The second-order valence-electron chi connectivity index (χ2n) is 4.79. The highest BCUT2D eigenvalue weighted by atomic mass is 16.5. The molecule has 1 heterocycles. The molecule has 0 aromatic heterocycles. The Morgan fingerprint density at radius 2 is 1.90 bits per heavy atom. The molecule has 0 radical (unpaired) electrons. The number of carbonyl (C=O) groups excluding carboxylic acids is 1. The van der Waals surface area contributed by atoms with Crippen LogP contribution in [-0.2, 0) is 4.79 Å². The molecule has 0 aliphatic carbocycles. The van der Waals surface area contributed by atoms with E-state index >= 15 is 0 Å². The Morgan fingerprint density at radius 1 is 1.15 bits per heavy atom. The maximum atomic E-state index is 12.1. The molecular formula is C16H16N2O2. The number of carbonyl (C=O) groups is 1. The summed E-state index contributed by atoms with van der Waals surface area (Å²) in [4.78, 5) is 13.7. The van der Waals surface area contributed by atoms with Crippen molar-refractivity contribution in [3.05, 3.63) is 48.5 Å². The second kappa shape index (κ2) is 4.98. The van der Waals surface area contributed by atoms with Gasteiger partial charge in [0.15, 0.2) is 6.10 Å². The van der Waals surface area contributed by atoms with Crippen LogP contribution in [0, 0.1) is 0 Å². The van der Waals surface area contributed by atoms with E-state index in [1.54, 1.807) is 11.9 Å². The van der Waals surface area contributed by atoms with Crippen molar-refractivity contribution in [3.8, 4) is 16.9 Å². The third-order valence-corrected chi connectivity index (χ3v) is 3.52. The summed E-state index contributed by atoms with van der Waals surface area (Å²) in [6.45, 7) is 0.184. The molecule has 1 unspecified atom stereocenters. The Morgan fingerprint density at radius 3 is 2.60 bits per heavy atom. The Kier molecular flexibility index (Phi) is 3.16. The largest absolute Gasteiger partial charge is 0.477 e. The smallest absolute Gasteiger partial charge is 0.269 e. The van der Waals surface area contributed by atoms with Crippen molar-refractivity contribution < 1.29 is 9.53 Å². The molecule has 0 bridgehead atoms. The molecule has 0 saturated heterocycles. The highest BCUT2D eigenvalue weighted by molar-refractivity contribution is 6.00. The van der Waals surface area contributed by atoms with Gasteiger partial charge in [-0.2, -0.15) is 0 Å². The van der Waals surface area contributed by atoms with Crippen molar-refractivity contribution in [1.82, 2.24) is 0 Å². The van der Waals surface area contributed by atoms with E-state index in [4.69, 9.17) is 10.5 Å². The van der Waals surface area contributed by atoms with Crippen LogP contribution < -0.4 is 15.4 Å². The van der Waals surface area contributed by atoms with Gasteiger partial charge in [0.2, 0.25) is 0 Å². The third-order valence-electron chi connectivity index (χ3n) is 3.52. The van der Waals surface area contributed by atoms with E-state index in [9.17, 15) is 4.79 Å². The Hall–Kier alpha value is -2.33. The molecule has 0 spiro atoms. The van der Waals surface area contributed by atoms with Crippen molar-refractivity contribution in [2.45, 2.75) is 6.10 Å². The topological polar surface area (TPSA) is 55.6 Å². The molecule has 1 aliphatic rings. The lowest BCUT2D eigenvalue weighted by molar-refractivity contribution is -0.125. The number of hydrogen-bond donors (Lipinski definition) is 1. The van der Waals surface area contributed by atoms with Crippen molar-refractivity contribution >= 4 is 11.6 Å². The molecule has 102 valence electrons. The van der Waals surface area contributed by atoms with Crippen LogP contribution in [0.1, 0.15) is 0 Å². The number of fused-ring (bicyclic) bond motifs is 1. The zero-order valence-corrected chi connectivity index (χ0v) is 11.2. The second-order valence-corrected chi connectivity index (χ2v) is 4.79. The Bertz CT molecular complexity index is 640. The van der Waals surface area contributed by atoms with Gasteiger partial charge in [0.1, 0.15) is 5.75 Å². The summed E-state index contributed by atoms with van der Waals surface area (Å²) in [5.74, 6) is 0.590. The summed E-state index contributed by atoms with van der Waals surface area (Å²) in [7, 11) is 1.75. The highest BCUT2D eigenvalue weighted by Crippen LogP contribution is 2.36. The third kappa shape index (κ3) is 2.04. The van der Waals surface area contributed by atoms with E-state index in [1.807, 2.05) is 48.5 Å². The van der Waals surface area contributed by atoms with Crippen LogP contribution in [0.5, 0.6) is 5.75 Å². The molecule has 20 heavy (non-hydrogen) atoms. The summed E-state index contributed by atoms with van der Waals surface area (Å²) >= 11 is 0. The average molecular weight is 268 g/mol. The molecule has 2 aromatic carbocycles. The number of benzene rings is 2. The fourth-order valence-corrected chi connectivity index (χ4v) is 2.38. The Labute approximate surface area is 117 Å². The van der Waals surface area contributed by atoms with Gasteiger partial charge in [-0.15, -0.1) is 0 Å². The summed E-state index contributed by atoms with van der Waals surface area (Å²) in [6, 6.07) is 15.9. The molecule has 4 heteroatoms. The number of ether oxygens (including phenoxy) is 1. The van der Waals surface area contributed by atoms with Crippen LogP contribution in [0.2, 0.25) is 0 Å². The number of anilines is 1. The van der Waals surface area contributed by atoms with Crippen LogP contribution in [0.25, 0.3) is 11.1 Å². The van der Waals surface area contributed by atoms with Gasteiger partial charge in [-0.1, -0.05) is 36.4 Å². The summed E-state index contributed by atoms with van der Waals surface area (Å²) in [5.41, 5.74) is 8.50. The van der Waals surface area contributed by atoms with Gasteiger partial charge in [0, 0.05) is 13.6 Å². The molecule has 1 amide bonds. The first-order valence-corrected chi connectivity index (χ1v) is 6.54. The Balaban J connectivity index is 2.04. The fraction of sp³-hybridized carbons (Fsp3) is 0.188. The van der Waals surface area contributed by atoms with Crippen LogP contribution in [0.4, 0.5) is 5.69 Å². The average Bonchev–Trinajstić information content (AvgIpc) is 2.51. The molecule has 0 saturated carbocycles. The normalized spacial score (nSPS) is 17.6. The van der Waals surface area contributed by atoms with Crippen molar-refractivity contribution in [2.75, 3.05) is 18.5 Å². The zero-order valence-electron chi connectivity index (χ0n) is 11.2. The minimum absolute atomic E-state index is 0.106. The van der Waals surface area contributed by atoms with E-state index < -0.39 is 6.10 Å².